The van der Waals surface area contributed by atoms with Crippen molar-refractivity contribution in [3.05, 3.63) is 79.0 Å². The molecule has 0 spiro atoms. The number of benzene rings is 2. The van der Waals surface area contributed by atoms with E-state index in [0.717, 1.165) is 42.3 Å². The van der Waals surface area contributed by atoms with Gasteiger partial charge in [0.2, 0.25) is 21.8 Å². The lowest BCUT2D eigenvalue weighted by molar-refractivity contribution is -0.140. The fourth-order valence-corrected chi connectivity index (χ4v) is 8.30. The van der Waals surface area contributed by atoms with E-state index in [1.54, 1.807) is 17.2 Å². The standard InChI is InChI=1S/C36H41N5O6S/c42-33-31-21-26(47-32-19-20-37-29-15-10-9-14-28(29)32)23-41(31)34(43)30(38-25-12-6-4-7-13-25)16-8-3-1-2-5-11-24-22-36(24,39-33)35(44)40-48(45,46)27-17-18-27/h4-7,9-15,19-20,24,26-27,30-31,38H,1-3,8,16-18,21-23H2,(H,39,42)(H,40,44)/b11-5-/t24-,26+,30-,31-,36+/m0/s1. The molecule has 2 aromatic carbocycles. The van der Waals surface area contributed by atoms with Gasteiger partial charge in [0.15, 0.2) is 0 Å². The van der Waals surface area contributed by atoms with Crippen LogP contribution in [0.1, 0.15) is 57.8 Å². The number of ether oxygens (including phenoxy) is 1. The number of sulfonamides is 1. The first-order valence-corrected chi connectivity index (χ1v) is 18.5. The molecule has 2 saturated carbocycles. The number of para-hydroxylation sites is 2. The third-order valence-corrected chi connectivity index (χ3v) is 11.7. The highest BCUT2D eigenvalue weighted by Crippen LogP contribution is 2.46. The summed E-state index contributed by atoms with van der Waals surface area (Å²) in [5, 5.41) is 6.59. The van der Waals surface area contributed by atoms with Gasteiger partial charge < -0.3 is 20.3 Å². The number of nitrogens with zero attached hydrogens (tertiary/aromatic N) is 2. The second-order valence-electron chi connectivity index (χ2n) is 13.4. The van der Waals surface area contributed by atoms with Gasteiger partial charge in [0.05, 0.1) is 17.3 Å². The molecule has 2 aliphatic carbocycles. The summed E-state index contributed by atoms with van der Waals surface area (Å²) < 4.78 is 34.3. The average molecular weight is 672 g/mol. The van der Waals surface area contributed by atoms with Crippen LogP contribution in [0.15, 0.2) is 79.0 Å². The molecular weight excluding hydrogens is 630 g/mol. The first-order valence-electron chi connectivity index (χ1n) is 16.9. The number of hydrogen-bond donors (Lipinski definition) is 3. The van der Waals surface area contributed by atoms with E-state index in [1.165, 1.54) is 0 Å². The van der Waals surface area contributed by atoms with E-state index in [1.807, 2.05) is 66.7 Å². The molecule has 11 nitrogen and oxygen atoms in total. The molecule has 12 heteroatoms. The predicted molar refractivity (Wildman–Crippen MR) is 181 cm³/mol. The number of allylic oxidation sites excluding steroid dienone is 1. The number of nitrogens with one attached hydrogen (secondary N) is 3. The highest BCUT2D eigenvalue weighted by Gasteiger charge is 2.62. The second-order valence-corrected chi connectivity index (χ2v) is 15.3. The SMILES string of the molecule is O=C1N[C@]2(C(=O)NS(=O)(=O)C3CC3)C[C@@H]2/C=C\CCCCC[C@H](Nc2ccccc2)C(=O)N2C[C@H](Oc3ccnc4ccccc34)C[C@@H]12. The van der Waals surface area contributed by atoms with Crippen LogP contribution < -0.4 is 20.1 Å². The molecule has 48 heavy (non-hydrogen) atoms. The van der Waals surface area contributed by atoms with Crippen LogP contribution in [0.25, 0.3) is 10.9 Å². The van der Waals surface area contributed by atoms with Crippen LogP contribution in [0.3, 0.4) is 0 Å². The minimum Gasteiger partial charge on any atom is -0.488 e. The van der Waals surface area contributed by atoms with Crippen LogP contribution in [0, 0.1) is 5.92 Å². The van der Waals surface area contributed by atoms with Gasteiger partial charge in [0, 0.05) is 29.6 Å². The molecule has 2 aliphatic heterocycles. The van der Waals surface area contributed by atoms with Crippen molar-refractivity contribution in [3.8, 4) is 5.75 Å². The van der Waals surface area contributed by atoms with E-state index in [4.69, 9.17) is 4.74 Å². The third-order valence-electron chi connectivity index (χ3n) is 9.86. The van der Waals surface area contributed by atoms with Crippen molar-refractivity contribution >= 4 is 44.3 Å². The molecule has 4 aliphatic rings. The molecule has 3 heterocycles. The summed E-state index contributed by atoms with van der Waals surface area (Å²) in [6.45, 7) is 0.166. The van der Waals surface area contributed by atoms with Crippen molar-refractivity contribution in [3.63, 3.8) is 0 Å². The Kier molecular flexibility index (Phi) is 8.84. The number of hydrogen-bond acceptors (Lipinski definition) is 8. The summed E-state index contributed by atoms with van der Waals surface area (Å²) >= 11 is 0. The van der Waals surface area contributed by atoms with Gasteiger partial charge in [-0.1, -0.05) is 55.3 Å². The summed E-state index contributed by atoms with van der Waals surface area (Å²) in [6, 6.07) is 17.4. The topological polar surface area (TPSA) is 147 Å². The Morgan fingerprint density at radius 3 is 2.58 bits per heavy atom. The quantitative estimate of drug-likeness (QED) is 0.319. The van der Waals surface area contributed by atoms with E-state index >= 15 is 0 Å². The van der Waals surface area contributed by atoms with Crippen LogP contribution in [0.5, 0.6) is 5.75 Å². The highest BCUT2D eigenvalue weighted by molar-refractivity contribution is 7.91. The molecule has 3 amide bonds. The summed E-state index contributed by atoms with van der Waals surface area (Å²) in [4.78, 5) is 48.3. The molecule has 1 aromatic heterocycles. The molecule has 3 N–H and O–H groups in total. The van der Waals surface area contributed by atoms with E-state index in [2.05, 4.69) is 20.3 Å². The van der Waals surface area contributed by atoms with Gasteiger partial charge >= 0.3 is 0 Å². The van der Waals surface area contributed by atoms with E-state index in [0.29, 0.717) is 25.0 Å². The summed E-state index contributed by atoms with van der Waals surface area (Å²) in [5.41, 5.74) is 0.166. The zero-order chi connectivity index (χ0) is 33.3. The molecule has 3 fully saturated rings. The first kappa shape index (κ1) is 32.1. The lowest BCUT2D eigenvalue weighted by atomic mass is 10.0. The zero-order valence-corrected chi connectivity index (χ0v) is 27.5. The van der Waals surface area contributed by atoms with Crippen LogP contribution in [0.2, 0.25) is 0 Å². The van der Waals surface area contributed by atoms with Crippen molar-refractivity contribution in [1.29, 1.82) is 0 Å². The van der Waals surface area contributed by atoms with Crippen LogP contribution >= 0.6 is 0 Å². The monoisotopic (exact) mass is 671 g/mol. The normalized spacial score (nSPS) is 28.6. The molecule has 0 bridgehead atoms. The Morgan fingerprint density at radius 2 is 1.77 bits per heavy atom. The minimum atomic E-state index is -3.83. The third kappa shape index (κ3) is 6.76. The maximum Gasteiger partial charge on any atom is 0.259 e. The Morgan fingerprint density at radius 1 is 0.979 bits per heavy atom. The molecule has 7 rings (SSSR count). The van der Waals surface area contributed by atoms with E-state index in [-0.39, 0.29) is 31.2 Å². The molecule has 0 radical (unpaired) electrons. The predicted octanol–water partition coefficient (Wildman–Crippen LogP) is 4.07. The number of pyridine rings is 1. The van der Waals surface area contributed by atoms with E-state index < -0.39 is 50.8 Å². The lowest BCUT2D eigenvalue weighted by Gasteiger charge is -2.30. The average Bonchev–Trinajstić information content (AvgIpc) is 4.01. The minimum absolute atomic E-state index is 0.166. The van der Waals surface area contributed by atoms with Gasteiger partial charge in [0.25, 0.3) is 5.91 Å². The van der Waals surface area contributed by atoms with Gasteiger partial charge in [-0.3, -0.25) is 24.1 Å². The number of carbonyl (C=O) groups is 3. The number of rotatable bonds is 7. The van der Waals surface area contributed by atoms with Gasteiger partial charge in [-0.2, -0.15) is 0 Å². The van der Waals surface area contributed by atoms with Crippen LogP contribution in [-0.4, -0.2) is 71.5 Å². The van der Waals surface area contributed by atoms with Crippen LogP contribution in [-0.2, 0) is 24.4 Å². The van der Waals surface area contributed by atoms with Crippen molar-refractivity contribution < 1.29 is 27.5 Å². The molecular formula is C36H41N5O6S. The Bertz CT molecular complexity index is 1830. The molecule has 252 valence electrons. The number of anilines is 1. The molecule has 1 saturated heterocycles. The fourth-order valence-electron chi connectivity index (χ4n) is 6.93. The first-order chi connectivity index (χ1) is 23.2. The smallest absolute Gasteiger partial charge is 0.259 e. The lowest BCUT2D eigenvalue weighted by Crippen LogP contribution is -2.57. The maximum atomic E-state index is 14.4. The second kappa shape index (κ2) is 13.2. The number of fused-ring (bicyclic) bond motifs is 3. The Labute approximate surface area is 280 Å². The number of carbonyl (C=O) groups excluding carboxylic acids is 3. The molecule has 0 unspecified atom stereocenters. The van der Waals surface area contributed by atoms with Crippen molar-refractivity contribution in [2.24, 2.45) is 5.92 Å². The summed E-state index contributed by atoms with van der Waals surface area (Å²) in [6.07, 6.45) is 10.6. The van der Waals surface area contributed by atoms with Crippen molar-refractivity contribution in [2.45, 2.75) is 86.8 Å². The highest BCUT2D eigenvalue weighted by atomic mass is 32.2. The maximum absolute atomic E-state index is 14.4. The summed E-state index contributed by atoms with van der Waals surface area (Å²) in [5.74, 6) is -1.20. The zero-order valence-electron chi connectivity index (χ0n) is 26.7. The Hall–Kier alpha value is -4.45. The van der Waals surface area contributed by atoms with Crippen molar-refractivity contribution in [1.82, 2.24) is 19.9 Å². The van der Waals surface area contributed by atoms with Crippen LogP contribution in [0.4, 0.5) is 5.69 Å². The molecule has 3 aromatic rings. The summed E-state index contributed by atoms with van der Waals surface area (Å²) in [7, 11) is -3.83. The van der Waals surface area contributed by atoms with Gasteiger partial charge in [-0.15, -0.1) is 0 Å². The number of amides is 3. The van der Waals surface area contributed by atoms with Crippen molar-refractivity contribution in [2.75, 3.05) is 11.9 Å². The fraction of sp³-hybridized carbons (Fsp3) is 0.444. The van der Waals surface area contributed by atoms with E-state index in [9.17, 15) is 22.8 Å². The molecule has 5 atom stereocenters. The Balaban J connectivity index is 1.19. The van der Waals surface area contributed by atoms with Gasteiger partial charge in [0.1, 0.15) is 29.5 Å². The largest absolute Gasteiger partial charge is 0.488 e. The van der Waals surface area contributed by atoms with Gasteiger partial charge in [-0.05, 0) is 68.9 Å². The van der Waals surface area contributed by atoms with Gasteiger partial charge in [-0.25, -0.2) is 8.42 Å². The number of aromatic nitrogens is 1.